The van der Waals surface area contributed by atoms with Gasteiger partial charge in [0, 0.05) is 23.8 Å². The Kier molecular flexibility index (Phi) is 8.21. The minimum atomic E-state index is -0.395. The van der Waals surface area contributed by atoms with Crippen molar-refractivity contribution in [3.8, 4) is 17.2 Å². The fraction of sp³-hybridized carbons (Fsp3) is 0.320. The van der Waals surface area contributed by atoms with Crippen molar-refractivity contribution >= 4 is 11.6 Å². The molecule has 0 saturated heterocycles. The van der Waals surface area contributed by atoms with Gasteiger partial charge in [-0.1, -0.05) is 29.8 Å². The number of halogens is 1. The summed E-state index contributed by atoms with van der Waals surface area (Å²) in [7, 11) is 0. The molecule has 4 aromatic rings. The van der Waals surface area contributed by atoms with Crippen LogP contribution in [0.1, 0.15) is 42.7 Å². The first-order valence-electron chi connectivity index (χ1n) is 11.3. The van der Waals surface area contributed by atoms with Crippen LogP contribution in [0.5, 0.6) is 0 Å². The van der Waals surface area contributed by atoms with Crippen molar-refractivity contribution in [3.05, 3.63) is 83.4 Å². The maximum atomic E-state index is 9.31. The van der Waals surface area contributed by atoms with Gasteiger partial charge in [-0.15, -0.1) is 0 Å². The van der Waals surface area contributed by atoms with Gasteiger partial charge in [0.15, 0.2) is 0 Å². The maximum absolute atomic E-state index is 9.31. The molecule has 9 nitrogen and oxygen atoms in total. The Labute approximate surface area is 208 Å². The number of ether oxygens (including phenoxy) is 2. The maximum Gasteiger partial charge on any atom is 0.137 e. The summed E-state index contributed by atoms with van der Waals surface area (Å²) in [4.78, 5) is 8.12. The molecule has 2 atom stereocenters. The lowest BCUT2D eigenvalue weighted by molar-refractivity contribution is 0.0433. The molecule has 0 amide bonds. The van der Waals surface area contributed by atoms with Crippen molar-refractivity contribution in [2.24, 2.45) is 0 Å². The number of rotatable bonds is 11. The average Bonchev–Trinajstić information content (AvgIpc) is 3.58. The highest BCUT2D eigenvalue weighted by Gasteiger charge is 2.27. The first-order valence-corrected chi connectivity index (χ1v) is 11.7. The third-order valence-corrected chi connectivity index (χ3v) is 5.90. The molecule has 0 aliphatic heterocycles. The third-order valence-electron chi connectivity index (χ3n) is 5.57. The molecule has 0 spiro atoms. The summed E-state index contributed by atoms with van der Waals surface area (Å²) in [5.74, 6) is 0. The summed E-state index contributed by atoms with van der Waals surface area (Å²) in [5, 5.41) is 18.4. The predicted octanol–water partition coefficient (Wildman–Crippen LogP) is 4.62. The topological polar surface area (TPSA) is 104 Å². The van der Waals surface area contributed by atoms with Crippen LogP contribution >= 0.6 is 11.6 Å². The van der Waals surface area contributed by atoms with Crippen LogP contribution < -0.4 is 0 Å². The second-order valence-corrected chi connectivity index (χ2v) is 8.14. The molecular weight excluding hydrogens is 466 g/mol. The molecule has 0 fully saturated rings. The Morgan fingerprint density at radius 1 is 0.886 bits per heavy atom. The minimum absolute atomic E-state index is 0.322. The Morgan fingerprint density at radius 3 is 2.03 bits per heavy atom. The molecule has 2 aromatic carbocycles. The van der Waals surface area contributed by atoms with Gasteiger partial charge >= 0.3 is 0 Å². The fourth-order valence-corrected chi connectivity index (χ4v) is 4.37. The van der Waals surface area contributed by atoms with Crippen LogP contribution in [-0.4, -0.2) is 42.7 Å². The smallest absolute Gasteiger partial charge is 0.137 e. The van der Waals surface area contributed by atoms with Gasteiger partial charge in [-0.25, -0.2) is 9.97 Å². The van der Waals surface area contributed by atoms with Crippen LogP contribution in [0.4, 0.5) is 0 Å². The van der Waals surface area contributed by atoms with Crippen LogP contribution in [0.2, 0.25) is 5.02 Å². The predicted molar refractivity (Wildman–Crippen MR) is 130 cm³/mol. The SMILES string of the molecule is CCOC(Cn1cncn1)c1ccc(Cl)c(C(Cn2cncn2)OCC)c1-c1ccc(C#N)cc1. The minimum Gasteiger partial charge on any atom is -0.372 e. The Bertz CT molecular complexity index is 1250. The van der Waals surface area contributed by atoms with Crippen LogP contribution in [0.15, 0.2) is 61.7 Å². The third kappa shape index (κ3) is 5.74. The van der Waals surface area contributed by atoms with Crippen molar-refractivity contribution in [2.75, 3.05) is 13.2 Å². The Morgan fingerprint density at radius 2 is 1.49 bits per heavy atom. The van der Waals surface area contributed by atoms with Gasteiger partial charge in [0.05, 0.1) is 24.7 Å². The van der Waals surface area contributed by atoms with Gasteiger partial charge in [-0.2, -0.15) is 15.5 Å². The quantitative estimate of drug-likeness (QED) is 0.301. The lowest BCUT2D eigenvalue weighted by atomic mass is 9.88. The number of hydrogen-bond donors (Lipinski definition) is 0. The molecule has 0 aliphatic rings. The van der Waals surface area contributed by atoms with E-state index < -0.39 is 6.10 Å². The van der Waals surface area contributed by atoms with E-state index in [9.17, 15) is 5.26 Å². The van der Waals surface area contributed by atoms with E-state index in [1.54, 1.807) is 34.2 Å². The largest absolute Gasteiger partial charge is 0.372 e. The summed E-state index contributed by atoms with van der Waals surface area (Å²) < 4.78 is 15.9. The van der Waals surface area contributed by atoms with Crippen LogP contribution in [-0.2, 0) is 22.6 Å². The molecule has 2 unspecified atom stereocenters. The summed E-state index contributed by atoms with van der Waals surface area (Å²) in [6.07, 6.45) is 5.59. The van der Waals surface area contributed by atoms with Gasteiger partial charge < -0.3 is 9.47 Å². The van der Waals surface area contributed by atoms with E-state index in [0.29, 0.717) is 36.9 Å². The number of nitrogens with zero attached hydrogens (tertiary/aromatic N) is 7. The summed E-state index contributed by atoms with van der Waals surface area (Å²) in [5.41, 5.74) is 4.15. The van der Waals surface area contributed by atoms with Gasteiger partial charge in [0.25, 0.3) is 0 Å². The molecule has 0 bridgehead atoms. The molecule has 0 N–H and O–H groups in total. The summed E-state index contributed by atoms with van der Waals surface area (Å²) in [6.45, 7) is 5.81. The number of aromatic nitrogens is 6. The monoisotopic (exact) mass is 491 g/mol. The van der Waals surface area contributed by atoms with E-state index in [2.05, 4.69) is 26.2 Å². The Balaban J connectivity index is 1.90. The van der Waals surface area contributed by atoms with Crippen molar-refractivity contribution in [2.45, 2.75) is 39.1 Å². The lowest BCUT2D eigenvalue weighted by Crippen LogP contribution is -2.18. The summed E-state index contributed by atoms with van der Waals surface area (Å²) in [6, 6.07) is 13.5. The highest BCUT2D eigenvalue weighted by Crippen LogP contribution is 2.42. The number of hydrogen-bond acceptors (Lipinski definition) is 7. The molecule has 35 heavy (non-hydrogen) atoms. The second kappa shape index (κ2) is 11.7. The van der Waals surface area contributed by atoms with Gasteiger partial charge in [-0.05, 0) is 48.7 Å². The second-order valence-electron chi connectivity index (χ2n) is 7.74. The number of benzene rings is 2. The zero-order valence-electron chi connectivity index (χ0n) is 19.6. The van der Waals surface area contributed by atoms with E-state index in [0.717, 1.165) is 22.3 Å². The van der Waals surface area contributed by atoms with Crippen LogP contribution in [0.3, 0.4) is 0 Å². The molecule has 2 heterocycles. The van der Waals surface area contributed by atoms with Crippen LogP contribution in [0.25, 0.3) is 11.1 Å². The van der Waals surface area contributed by atoms with Crippen molar-refractivity contribution in [1.29, 1.82) is 5.26 Å². The summed E-state index contributed by atoms with van der Waals surface area (Å²) >= 11 is 6.86. The zero-order chi connectivity index (χ0) is 24.6. The van der Waals surface area contributed by atoms with Gasteiger partial charge in [0.1, 0.15) is 37.5 Å². The van der Waals surface area contributed by atoms with Crippen molar-refractivity contribution < 1.29 is 9.47 Å². The highest BCUT2D eigenvalue weighted by molar-refractivity contribution is 6.32. The molecule has 10 heteroatoms. The molecule has 0 aliphatic carbocycles. The lowest BCUT2D eigenvalue weighted by Gasteiger charge is -2.27. The molecular formula is C25H26ClN7O2. The van der Waals surface area contributed by atoms with Gasteiger partial charge in [0.2, 0.25) is 0 Å². The van der Waals surface area contributed by atoms with E-state index in [1.807, 2.05) is 38.1 Å². The van der Waals surface area contributed by atoms with Crippen molar-refractivity contribution in [1.82, 2.24) is 29.5 Å². The molecule has 0 radical (unpaired) electrons. The normalized spacial score (nSPS) is 12.9. The standard InChI is InChI=1S/C25H26ClN7O2/c1-3-34-22(12-32-16-28-14-30-32)20-9-10-21(26)25(23(35-4-2)13-33-17-29-15-31-33)24(20)19-7-5-18(11-27)6-8-19/h5-10,14-17,22-23H,3-4,12-13H2,1-2H3. The van der Waals surface area contributed by atoms with Gasteiger partial charge in [-0.3, -0.25) is 9.36 Å². The van der Waals surface area contributed by atoms with E-state index in [1.165, 1.54) is 12.7 Å². The zero-order valence-corrected chi connectivity index (χ0v) is 20.3. The average molecular weight is 492 g/mol. The van der Waals surface area contributed by atoms with Crippen molar-refractivity contribution in [3.63, 3.8) is 0 Å². The number of nitriles is 1. The molecule has 180 valence electrons. The molecule has 2 aromatic heterocycles. The molecule has 0 saturated carbocycles. The first-order chi connectivity index (χ1) is 17.1. The molecule has 4 rings (SSSR count). The first kappa shape index (κ1) is 24.5. The fourth-order valence-electron chi connectivity index (χ4n) is 4.09. The highest BCUT2D eigenvalue weighted by atomic mass is 35.5. The van der Waals surface area contributed by atoms with E-state index >= 15 is 0 Å². The van der Waals surface area contributed by atoms with E-state index in [4.69, 9.17) is 21.1 Å². The van der Waals surface area contributed by atoms with Crippen LogP contribution in [0, 0.1) is 11.3 Å². The van der Waals surface area contributed by atoms with E-state index in [-0.39, 0.29) is 6.10 Å². The Hall–Kier alpha value is -3.58.